The predicted octanol–water partition coefficient (Wildman–Crippen LogP) is 0.376. The van der Waals surface area contributed by atoms with E-state index in [2.05, 4.69) is 6.58 Å². The second-order valence-electron chi connectivity index (χ2n) is 9.97. The van der Waals surface area contributed by atoms with E-state index in [4.69, 9.17) is 4.74 Å². The molecule has 4 saturated carbocycles. The van der Waals surface area contributed by atoms with Gasteiger partial charge < -0.3 is 25.2 Å². The fourth-order valence-electron chi connectivity index (χ4n) is 7.90. The average Bonchev–Trinajstić information content (AvgIpc) is 2.69. The Kier molecular flexibility index (Phi) is 3.07. The zero-order chi connectivity index (χ0) is 18.9. The summed E-state index contributed by atoms with van der Waals surface area (Å²) < 4.78 is 5.80. The normalized spacial score (nSPS) is 59.9. The molecule has 4 aliphatic carbocycles. The molecule has 6 heteroatoms. The van der Waals surface area contributed by atoms with Crippen molar-refractivity contribution in [3.8, 4) is 0 Å². The smallest absolute Gasteiger partial charge is 0.208 e. The number of carbonyl (C=O) groups excluding carboxylic acids is 1. The predicted molar refractivity (Wildman–Crippen MR) is 90.7 cm³/mol. The fourth-order valence-corrected chi connectivity index (χ4v) is 7.90. The third kappa shape index (κ3) is 1.41. The van der Waals surface area contributed by atoms with Crippen LogP contribution < -0.4 is 0 Å². The molecule has 2 heterocycles. The van der Waals surface area contributed by atoms with Gasteiger partial charge in [0, 0.05) is 17.3 Å². The average molecular weight is 364 g/mol. The van der Waals surface area contributed by atoms with Crippen LogP contribution in [0.2, 0.25) is 0 Å². The second kappa shape index (κ2) is 4.61. The summed E-state index contributed by atoms with van der Waals surface area (Å²) in [5, 5.41) is 45.1. The number of carbonyl (C=O) groups is 1. The van der Waals surface area contributed by atoms with Crippen molar-refractivity contribution in [1.82, 2.24) is 0 Å². The number of aliphatic hydroxyl groups is 4. The third-order valence-corrected chi connectivity index (χ3v) is 8.88. The number of rotatable bonds is 0. The van der Waals surface area contributed by atoms with Gasteiger partial charge in [0.25, 0.3) is 0 Å². The number of fused-ring (bicyclic) bond motifs is 2. The maximum atomic E-state index is 13.3. The Morgan fingerprint density at radius 2 is 1.81 bits per heavy atom. The lowest BCUT2D eigenvalue weighted by atomic mass is 9.35. The molecule has 2 aliphatic heterocycles. The lowest BCUT2D eigenvalue weighted by molar-refractivity contribution is -0.458. The molecular formula is C20H28O6. The van der Waals surface area contributed by atoms with E-state index in [1.807, 2.05) is 13.8 Å². The van der Waals surface area contributed by atoms with Gasteiger partial charge >= 0.3 is 0 Å². The molecule has 6 rings (SSSR count). The van der Waals surface area contributed by atoms with E-state index >= 15 is 0 Å². The van der Waals surface area contributed by atoms with Crippen LogP contribution in [0.4, 0.5) is 0 Å². The molecule has 2 spiro atoms. The highest BCUT2D eigenvalue weighted by Crippen LogP contribution is 2.76. The molecule has 6 aliphatic rings. The molecule has 6 fully saturated rings. The van der Waals surface area contributed by atoms with Gasteiger partial charge in [-0.15, -0.1) is 0 Å². The Morgan fingerprint density at radius 3 is 2.50 bits per heavy atom. The standard InChI is InChI=1S/C20H28O6/c1-9-10-4-5-11-18-8-26-20(25,19(11,14(9)22)15(10)23)16(24)13(18)17(2,3)7-6-12(18)21/h10-13,15-16,21,23-25H,1,4-8H2,2-3H3/t10-,11-,12+,13+,15+,16+,18?,19-,20?/m0/s1. The van der Waals surface area contributed by atoms with Crippen molar-refractivity contribution in [2.75, 3.05) is 6.61 Å². The van der Waals surface area contributed by atoms with Gasteiger partial charge in [-0.1, -0.05) is 20.4 Å². The van der Waals surface area contributed by atoms with Crippen molar-refractivity contribution in [3.63, 3.8) is 0 Å². The van der Waals surface area contributed by atoms with Gasteiger partial charge in [-0.2, -0.15) is 0 Å². The summed E-state index contributed by atoms with van der Waals surface area (Å²) in [7, 11) is 0. The number of Topliss-reactive ketones (excluding diaryl/α,β-unsaturated/α-hetero) is 1. The minimum absolute atomic E-state index is 0.0966. The molecule has 0 aromatic carbocycles. The monoisotopic (exact) mass is 364 g/mol. The van der Waals surface area contributed by atoms with Crippen LogP contribution in [0, 0.1) is 34.0 Å². The first kappa shape index (κ1) is 17.3. The highest BCUT2D eigenvalue weighted by Gasteiger charge is 2.86. The van der Waals surface area contributed by atoms with E-state index in [9.17, 15) is 25.2 Å². The Morgan fingerprint density at radius 1 is 1.12 bits per heavy atom. The van der Waals surface area contributed by atoms with E-state index < -0.39 is 58.5 Å². The Hall–Kier alpha value is -0.790. The molecule has 4 N–H and O–H groups in total. The summed E-state index contributed by atoms with van der Waals surface area (Å²) in [6.45, 7) is 8.07. The van der Waals surface area contributed by atoms with Crippen LogP contribution in [0.5, 0.6) is 0 Å². The van der Waals surface area contributed by atoms with E-state index in [0.29, 0.717) is 24.8 Å². The molecule has 2 saturated heterocycles. The summed E-state index contributed by atoms with van der Waals surface area (Å²) >= 11 is 0. The quantitative estimate of drug-likeness (QED) is 0.463. The van der Waals surface area contributed by atoms with Crippen molar-refractivity contribution in [2.45, 2.75) is 63.6 Å². The van der Waals surface area contributed by atoms with Gasteiger partial charge in [0.1, 0.15) is 11.5 Å². The summed E-state index contributed by atoms with van der Waals surface area (Å²) in [5.74, 6) is -3.80. The zero-order valence-corrected chi connectivity index (χ0v) is 15.3. The van der Waals surface area contributed by atoms with Gasteiger partial charge in [-0.3, -0.25) is 4.79 Å². The molecule has 0 aromatic heterocycles. The summed E-state index contributed by atoms with van der Waals surface area (Å²) in [6.07, 6.45) is -0.747. The third-order valence-electron chi connectivity index (χ3n) is 8.88. The van der Waals surface area contributed by atoms with Gasteiger partial charge in [-0.25, -0.2) is 0 Å². The number of aliphatic hydroxyl groups excluding tert-OH is 3. The van der Waals surface area contributed by atoms with Crippen LogP contribution in [0.25, 0.3) is 0 Å². The molecule has 0 amide bonds. The molecule has 9 atom stereocenters. The topological polar surface area (TPSA) is 107 Å². The minimum Gasteiger partial charge on any atom is -0.392 e. The summed E-state index contributed by atoms with van der Waals surface area (Å²) in [5.41, 5.74) is -2.49. The maximum Gasteiger partial charge on any atom is 0.208 e. The first-order valence-electron chi connectivity index (χ1n) is 9.71. The number of hydrogen-bond acceptors (Lipinski definition) is 6. The van der Waals surface area contributed by atoms with Crippen molar-refractivity contribution in [1.29, 1.82) is 0 Å². The highest BCUT2D eigenvalue weighted by molar-refractivity contribution is 6.05. The van der Waals surface area contributed by atoms with Crippen LogP contribution in [0.1, 0.15) is 39.5 Å². The Labute approximate surface area is 152 Å². The zero-order valence-electron chi connectivity index (χ0n) is 15.3. The van der Waals surface area contributed by atoms with Crippen LogP contribution in [-0.2, 0) is 9.53 Å². The first-order chi connectivity index (χ1) is 12.1. The van der Waals surface area contributed by atoms with E-state index in [-0.39, 0.29) is 12.0 Å². The van der Waals surface area contributed by atoms with Crippen LogP contribution in [-0.4, -0.2) is 56.9 Å². The minimum atomic E-state index is -2.15. The Bertz CT molecular complexity index is 717. The number of hydrogen-bond donors (Lipinski definition) is 4. The molecule has 0 aromatic rings. The molecule has 144 valence electrons. The molecular weight excluding hydrogens is 336 g/mol. The van der Waals surface area contributed by atoms with E-state index in [1.54, 1.807) is 0 Å². The molecule has 6 nitrogen and oxygen atoms in total. The van der Waals surface area contributed by atoms with E-state index in [0.717, 1.165) is 6.42 Å². The molecule has 26 heavy (non-hydrogen) atoms. The molecule has 2 unspecified atom stereocenters. The maximum absolute atomic E-state index is 13.3. The van der Waals surface area contributed by atoms with Crippen LogP contribution in [0.3, 0.4) is 0 Å². The van der Waals surface area contributed by atoms with Gasteiger partial charge in [0.2, 0.25) is 5.79 Å². The number of ketones is 1. The lowest BCUT2D eigenvalue weighted by Crippen LogP contribution is -2.85. The summed E-state index contributed by atoms with van der Waals surface area (Å²) in [6, 6.07) is 0. The van der Waals surface area contributed by atoms with Crippen molar-refractivity contribution < 1.29 is 30.0 Å². The Balaban J connectivity index is 1.81. The van der Waals surface area contributed by atoms with E-state index in [1.165, 1.54) is 0 Å². The highest BCUT2D eigenvalue weighted by atomic mass is 16.6. The molecule has 4 bridgehead atoms. The SMILES string of the molecule is C=C1C(=O)[C@]23[C@H](O)[C@H]1CC[C@H]2C12COC3(O)[C@H](O)[C@@H]1C(C)(C)CC[C@H]2O. The van der Waals surface area contributed by atoms with Crippen molar-refractivity contribution in [3.05, 3.63) is 12.2 Å². The van der Waals surface area contributed by atoms with Crippen LogP contribution >= 0.6 is 0 Å². The second-order valence-corrected chi connectivity index (χ2v) is 9.97. The van der Waals surface area contributed by atoms with Gasteiger partial charge in [-0.05, 0) is 42.6 Å². The summed E-state index contributed by atoms with van der Waals surface area (Å²) in [4.78, 5) is 13.3. The van der Waals surface area contributed by atoms with Crippen molar-refractivity contribution in [2.24, 2.45) is 34.0 Å². The lowest BCUT2D eigenvalue weighted by Gasteiger charge is -2.74. The molecule has 0 radical (unpaired) electrons. The van der Waals surface area contributed by atoms with Crippen LogP contribution in [0.15, 0.2) is 12.2 Å². The van der Waals surface area contributed by atoms with Crippen molar-refractivity contribution >= 4 is 5.78 Å². The largest absolute Gasteiger partial charge is 0.392 e. The van der Waals surface area contributed by atoms with Gasteiger partial charge in [0.05, 0.1) is 18.8 Å². The van der Waals surface area contributed by atoms with Gasteiger partial charge in [0.15, 0.2) is 5.78 Å². The first-order valence-corrected chi connectivity index (χ1v) is 9.71. The number of ether oxygens (including phenoxy) is 1. The fraction of sp³-hybridized carbons (Fsp3) is 0.850.